The van der Waals surface area contributed by atoms with Crippen LogP contribution in [0.15, 0.2) is 45.3 Å². The van der Waals surface area contributed by atoms with Crippen LogP contribution in [0.3, 0.4) is 0 Å². The molecule has 0 aliphatic carbocycles. The molecule has 0 bridgehead atoms. The first-order valence-electron chi connectivity index (χ1n) is 5.13. The lowest BCUT2D eigenvalue weighted by molar-refractivity contribution is 0.0693. The SMILES string of the molecule is O=C(O)c1c(Br)cccc1Oc1cc(F)ccc1Br. The van der Waals surface area contributed by atoms with Gasteiger partial charge in [0.2, 0.25) is 0 Å². The van der Waals surface area contributed by atoms with E-state index in [4.69, 9.17) is 9.84 Å². The van der Waals surface area contributed by atoms with E-state index in [1.165, 1.54) is 24.3 Å². The highest BCUT2D eigenvalue weighted by atomic mass is 79.9. The molecule has 0 atom stereocenters. The molecule has 0 heterocycles. The molecule has 2 aromatic rings. The van der Waals surface area contributed by atoms with Crippen molar-refractivity contribution in [3.05, 3.63) is 56.7 Å². The summed E-state index contributed by atoms with van der Waals surface area (Å²) < 4.78 is 19.6. The zero-order chi connectivity index (χ0) is 14.0. The Hall–Kier alpha value is -1.40. The summed E-state index contributed by atoms with van der Waals surface area (Å²) in [4.78, 5) is 11.2. The lowest BCUT2D eigenvalue weighted by atomic mass is 10.2. The zero-order valence-corrected chi connectivity index (χ0v) is 12.5. The third kappa shape index (κ3) is 3.13. The van der Waals surface area contributed by atoms with E-state index < -0.39 is 11.8 Å². The highest BCUT2D eigenvalue weighted by Gasteiger charge is 2.16. The van der Waals surface area contributed by atoms with Gasteiger partial charge < -0.3 is 9.84 Å². The maximum atomic E-state index is 13.2. The molecular formula is C13H7Br2FO3. The molecule has 0 fully saturated rings. The number of hydrogen-bond acceptors (Lipinski definition) is 2. The second-order valence-electron chi connectivity index (χ2n) is 3.59. The summed E-state index contributed by atoms with van der Waals surface area (Å²) in [5.74, 6) is -1.26. The van der Waals surface area contributed by atoms with Crippen molar-refractivity contribution in [2.75, 3.05) is 0 Å². The molecule has 0 unspecified atom stereocenters. The Kier molecular flexibility index (Phi) is 4.21. The summed E-state index contributed by atoms with van der Waals surface area (Å²) in [6.07, 6.45) is 0. The number of carbonyl (C=O) groups is 1. The number of hydrogen-bond donors (Lipinski definition) is 1. The molecule has 1 N–H and O–H groups in total. The number of carboxylic acid groups (broad SMARTS) is 1. The molecule has 0 aliphatic rings. The van der Waals surface area contributed by atoms with Gasteiger partial charge in [0.25, 0.3) is 0 Å². The van der Waals surface area contributed by atoms with Crippen molar-refractivity contribution in [3.63, 3.8) is 0 Å². The topological polar surface area (TPSA) is 46.5 Å². The lowest BCUT2D eigenvalue weighted by Crippen LogP contribution is -2.01. The van der Waals surface area contributed by atoms with Gasteiger partial charge in [-0.1, -0.05) is 6.07 Å². The average molecular weight is 390 g/mol. The lowest BCUT2D eigenvalue weighted by Gasteiger charge is -2.11. The highest BCUT2D eigenvalue weighted by Crippen LogP contribution is 2.34. The summed E-state index contributed by atoms with van der Waals surface area (Å²) in [6, 6.07) is 8.68. The van der Waals surface area contributed by atoms with Crippen molar-refractivity contribution in [3.8, 4) is 11.5 Å². The molecule has 2 aromatic carbocycles. The third-order valence-electron chi connectivity index (χ3n) is 2.30. The molecule has 0 aromatic heterocycles. The van der Waals surface area contributed by atoms with Gasteiger partial charge in [-0.05, 0) is 56.1 Å². The van der Waals surface area contributed by atoms with Gasteiger partial charge in [0, 0.05) is 10.5 Å². The van der Waals surface area contributed by atoms with Gasteiger partial charge in [-0.3, -0.25) is 0 Å². The van der Waals surface area contributed by atoms with E-state index in [2.05, 4.69) is 31.9 Å². The van der Waals surface area contributed by atoms with Crippen molar-refractivity contribution in [1.29, 1.82) is 0 Å². The highest BCUT2D eigenvalue weighted by molar-refractivity contribution is 9.10. The molecule has 0 aliphatic heterocycles. The summed E-state index contributed by atoms with van der Waals surface area (Å²) in [7, 11) is 0. The maximum absolute atomic E-state index is 13.2. The first kappa shape index (κ1) is 14.0. The molecule has 0 amide bonds. The molecule has 0 saturated heterocycles. The van der Waals surface area contributed by atoms with Crippen LogP contribution in [0, 0.1) is 5.82 Å². The number of carboxylic acids is 1. The Morgan fingerprint density at radius 2 is 1.84 bits per heavy atom. The second-order valence-corrected chi connectivity index (χ2v) is 5.30. The standard InChI is InChI=1S/C13H7Br2FO3/c14-8-5-4-7(16)6-11(8)19-10-3-1-2-9(15)12(10)13(17)18/h1-6H,(H,17,18). The monoisotopic (exact) mass is 388 g/mol. The van der Waals surface area contributed by atoms with Gasteiger partial charge in [0.1, 0.15) is 22.9 Å². The summed E-state index contributed by atoms with van der Waals surface area (Å²) in [5.41, 5.74) is -0.0151. The van der Waals surface area contributed by atoms with Gasteiger partial charge in [-0.25, -0.2) is 9.18 Å². The maximum Gasteiger partial charge on any atom is 0.340 e. The van der Waals surface area contributed by atoms with Crippen LogP contribution in [0.25, 0.3) is 0 Å². The van der Waals surface area contributed by atoms with Crippen LogP contribution in [0.1, 0.15) is 10.4 Å². The van der Waals surface area contributed by atoms with Gasteiger partial charge in [0.05, 0.1) is 4.47 Å². The van der Waals surface area contributed by atoms with Crippen LogP contribution >= 0.6 is 31.9 Å². The Labute approximate surface area is 125 Å². The van der Waals surface area contributed by atoms with Crippen LogP contribution in [-0.4, -0.2) is 11.1 Å². The Bertz CT molecular complexity index is 644. The van der Waals surface area contributed by atoms with Crippen molar-refractivity contribution in [1.82, 2.24) is 0 Å². The summed E-state index contributed by atoms with van der Waals surface area (Å²) in [5, 5.41) is 9.15. The minimum atomic E-state index is -1.13. The predicted molar refractivity (Wildman–Crippen MR) is 75.3 cm³/mol. The normalized spacial score (nSPS) is 10.3. The first-order valence-corrected chi connectivity index (χ1v) is 6.72. The number of rotatable bonds is 3. The fourth-order valence-electron chi connectivity index (χ4n) is 1.47. The van der Waals surface area contributed by atoms with Gasteiger partial charge >= 0.3 is 5.97 Å². The van der Waals surface area contributed by atoms with E-state index in [0.717, 1.165) is 0 Å². The number of benzene rings is 2. The zero-order valence-electron chi connectivity index (χ0n) is 9.36. The number of halogens is 3. The van der Waals surface area contributed by atoms with E-state index in [1.54, 1.807) is 12.1 Å². The molecule has 0 radical (unpaired) electrons. The van der Waals surface area contributed by atoms with E-state index in [9.17, 15) is 9.18 Å². The van der Waals surface area contributed by atoms with Crippen molar-refractivity contribution < 1.29 is 19.0 Å². The minimum absolute atomic E-state index is 0.0151. The van der Waals surface area contributed by atoms with Gasteiger partial charge in [-0.2, -0.15) is 0 Å². The predicted octanol–water partition coefficient (Wildman–Crippen LogP) is 4.84. The second kappa shape index (κ2) is 5.71. The Morgan fingerprint density at radius 3 is 2.53 bits per heavy atom. The number of aromatic carboxylic acids is 1. The van der Waals surface area contributed by atoms with Crippen LogP contribution < -0.4 is 4.74 Å². The summed E-state index contributed by atoms with van der Waals surface area (Å²) in [6.45, 7) is 0. The Balaban J connectivity index is 2.46. The van der Waals surface area contributed by atoms with Crippen molar-refractivity contribution >= 4 is 37.8 Å². The molecular weight excluding hydrogens is 383 g/mol. The molecule has 0 spiro atoms. The van der Waals surface area contributed by atoms with E-state index in [0.29, 0.717) is 8.95 Å². The first-order chi connectivity index (χ1) is 8.99. The largest absolute Gasteiger partial charge is 0.478 e. The van der Waals surface area contributed by atoms with Crippen molar-refractivity contribution in [2.45, 2.75) is 0 Å². The van der Waals surface area contributed by atoms with Gasteiger partial charge in [-0.15, -0.1) is 0 Å². The van der Waals surface area contributed by atoms with Gasteiger partial charge in [0.15, 0.2) is 0 Å². The molecule has 2 rings (SSSR count). The van der Waals surface area contributed by atoms with Crippen LogP contribution in [0.5, 0.6) is 11.5 Å². The third-order valence-corrected chi connectivity index (χ3v) is 3.62. The van der Waals surface area contributed by atoms with Crippen LogP contribution in [-0.2, 0) is 0 Å². The smallest absolute Gasteiger partial charge is 0.340 e. The quantitative estimate of drug-likeness (QED) is 0.816. The Morgan fingerprint density at radius 1 is 1.11 bits per heavy atom. The van der Waals surface area contributed by atoms with E-state index >= 15 is 0 Å². The minimum Gasteiger partial charge on any atom is -0.478 e. The van der Waals surface area contributed by atoms with Crippen LogP contribution in [0.2, 0.25) is 0 Å². The fourth-order valence-corrected chi connectivity index (χ4v) is 2.32. The molecule has 0 saturated carbocycles. The fraction of sp³-hybridized carbons (Fsp3) is 0. The molecule has 3 nitrogen and oxygen atoms in total. The average Bonchev–Trinajstić information content (AvgIpc) is 2.33. The molecule has 6 heteroatoms. The van der Waals surface area contributed by atoms with E-state index in [-0.39, 0.29) is 17.1 Å². The number of ether oxygens (including phenoxy) is 1. The molecule has 98 valence electrons. The summed E-state index contributed by atoms with van der Waals surface area (Å²) >= 11 is 6.36. The van der Waals surface area contributed by atoms with E-state index in [1.807, 2.05) is 0 Å². The van der Waals surface area contributed by atoms with Crippen LogP contribution in [0.4, 0.5) is 4.39 Å². The molecule has 19 heavy (non-hydrogen) atoms. The van der Waals surface area contributed by atoms with Crippen molar-refractivity contribution in [2.24, 2.45) is 0 Å².